The molecule has 0 bridgehead atoms. The van der Waals surface area contributed by atoms with Gasteiger partial charge in [0.2, 0.25) is 0 Å². The molecule has 1 aromatic carbocycles. The van der Waals surface area contributed by atoms with Gasteiger partial charge < -0.3 is 5.11 Å². The SMILES string of the molecule is O=S(=O)(N[C@@H](CO)c1ccccc1)c1cc(Cl)c(Br)s1. The molecule has 0 saturated heterocycles. The third-order valence-corrected chi connectivity index (χ3v) is 6.99. The molecule has 0 amide bonds. The van der Waals surface area contributed by atoms with E-state index in [-0.39, 0.29) is 10.8 Å². The van der Waals surface area contributed by atoms with Crippen molar-refractivity contribution in [3.05, 3.63) is 50.8 Å². The van der Waals surface area contributed by atoms with Gasteiger partial charge in [0.25, 0.3) is 10.0 Å². The third-order valence-electron chi connectivity index (χ3n) is 2.57. The lowest BCUT2D eigenvalue weighted by molar-refractivity contribution is 0.259. The van der Waals surface area contributed by atoms with Crippen LogP contribution < -0.4 is 4.72 Å². The van der Waals surface area contributed by atoms with Crippen LogP contribution in [-0.4, -0.2) is 20.1 Å². The summed E-state index contributed by atoms with van der Waals surface area (Å²) in [5.74, 6) is 0. The normalized spacial score (nSPS) is 13.3. The number of hydrogen-bond donors (Lipinski definition) is 2. The number of sulfonamides is 1. The van der Waals surface area contributed by atoms with Gasteiger partial charge in [-0.15, -0.1) is 11.3 Å². The minimum Gasteiger partial charge on any atom is -0.394 e. The zero-order valence-corrected chi connectivity index (χ0v) is 14.1. The van der Waals surface area contributed by atoms with Gasteiger partial charge in [0.15, 0.2) is 0 Å². The maximum Gasteiger partial charge on any atom is 0.250 e. The quantitative estimate of drug-likeness (QED) is 0.816. The van der Waals surface area contributed by atoms with E-state index in [0.717, 1.165) is 11.3 Å². The minimum atomic E-state index is -3.73. The Kier molecular flexibility index (Phi) is 5.22. The number of rotatable bonds is 5. The Morgan fingerprint density at radius 1 is 1.35 bits per heavy atom. The molecule has 1 atom stereocenters. The number of aliphatic hydroxyl groups excluding tert-OH is 1. The van der Waals surface area contributed by atoms with E-state index in [1.54, 1.807) is 24.3 Å². The molecule has 2 rings (SSSR count). The van der Waals surface area contributed by atoms with E-state index in [4.69, 9.17) is 11.6 Å². The Hall–Kier alpha value is -0.440. The first kappa shape index (κ1) is 15.9. The van der Waals surface area contributed by atoms with Crippen molar-refractivity contribution in [2.24, 2.45) is 0 Å². The Labute approximate surface area is 134 Å². The molecule has 0 aliphatic rings. The maximum atomic E-state index is 12.2. The number of benzene rings is 1. The average Bonchev–Trinajstić information content (AvgIpc) is 2.78. The predicted octanol–water partition coefficient (Wildman–Crippen LogP) is 3.18. The second-order valence-electron chi connectivity index (χ2n) is 3.95. The van der Waals surface area contributed by atoms with Crippen LogP contribution in [0.5, 0.6) is 0 Å². The van der Waals surface area contributed by atoms with Gasteiger partial charge in [-0.3, -0.25) is 0 Å². The molecule has 2 aromatic rings. The van der Waals surface area contributed by atoms with E-state index in [2.05, 4.69) is 20.7 Å². The van der Waals surface area contributed by atoms with Crippen LogP contribution in [0.3, 0.4) is 0 Å². The van der Waals surface area contributed by atoms with E-state index in [0.29, 0.717) is 14.4 Å². The van der Waals surface area contributed by atoms with Gasteiger partial charge in [-0.05, 0) is 27.6 Å². The molecule has 20 heavy (non-hydrogen) atoms. The van der Waals surface area contributed by atoms with Crippen LogP contribution in [0.4, 0.5) is 0 Å². The van der Waals surface area contributed by atoms with Gasteiger partial charge >= 0.3 is 0 Å². The van der Waals surface area contributed by atoms with Crippen LogP contribution in [0, 0.1) is 0 Å². The summed E-state index contributed by atoms with van der Waals surface area (Å²) < 4.78 is 27.6. The highest BCUT2D eigenvalue weighted by Gasteiger charge is 2.23. The lowest BCUT2D eigenvalue weighted by atomic mass is 10.1. The average molecular weight is 397 g/mol. The molecule has 108 valence electrons. The van der Waals surface area contributed by atoms with Crippen molar-refractivity contribution >= 4 is 48.9 Å². The molecule has 0 spiro atoms. The van der Waals surface area contributed by atoms with Crippen LogP contribution in [0.2, 0.25) is 5.02 Å². The minimum absolute atomic E-state index is 0.101. The third kappa shape index (κ3) is 3.60. The van der Waals surface area contributed by atoms with Crippen molar-refractivity contribution in [2.75, 3.05) is 6.61 Å². The molecule has 0 radical (unpaired) electrons. The monoisotopic (exact) mass is 395 g/mol. The lowest BCUT2D eigenvalue weighted by Crippen LogP contribution is -2.30. The Bertz CT molecular complexity index is 668. The van der Waals surface area contributed by atoms with Gasteiger partial charge in [-0.2, -0.15) is 0 Å². The zero-order valence-electron chi connectivity index (χ0n) is 10.1. The number of halogens is 2. The smallest absolute Gasteiger partial charge is 0.250 e. The maximum absolute atomic E-state index is 12.2. The highest BCUT2D eigenvalue weighted by atomic mass is 79.9. The molecular weight excluding hydrogens is 386 g/mol. The largest absolute Gasteiger partial charge is 0.394 e. The predicted molar refractivity (Wildman–Crippen MR) is 83.6 cm³/mol. The highest BCUT2D eigenvalue weighted by Crippen LogP contribution is 2.35. The molecule has 1 aromatic heterocycles. The van der Waals surface area contributed by atoms with Crippen molar-refractivity contribution in [3.63, 3.8) is 0 Å². The summed E-state index contributed by atoms with van der Waals surface area (Å²) in [5, 5.41) is 9.73. The fourth-order valence-electron chi connectivity index (χ4n) is 1.60. The Morgan fingerprint density at radius 3 is 2.50 bits per heavy atom. The molecule has 0 fully saturated rings. The summed E-state index contributed by atoms with van der Waals surface area (Å²) in [7, 11) is -3.73. The van der Waals surface area contributed by atoms with Crippen LogP contribution in [-0.2, 0) is 10.0 Å². The van der Waals surface area contributed by atoms with Gasteiger partial charge in [-0.25, -0.2) is 13.1 Å². The molecule has 0 saturated carbocycles. The van der Waals surface area contributed by atoms with Gasteiger partial charge in [0, 0.05) is 0 Å². The molecular formula is C12H11BrClNO3S2. The van der Waals surface area contributed by atoms with E-state index in [1.165, 1.54) is 6.07 Å². The fourth-order valence-corrected chi connectivity index (χ4v) is 5.23. The molecule has 0 aliphatic heterocycles. The summed E-state index contributed by atoms with van der Waals surface area (Å²) in [5.41, 5.74) is 0.695. The molecule has 1 heterocycles. The van der Waals surface area contributed by atoms with Crippen molar-refractivity contribution < 1.29 is 13.5 Å². The molecule has 2 N–H and O–H groups in total. The first-order valence-corrected chi connectivity index (χ1v) is 9.04. The van der Waals surface area contributed by atoms with Crippen LogP contribution in [0.15, 0.2) is 44.4 Å². The van der Waals surface area contributed by atoms with E-state index < -0.39 is 16.1 Å². The molecule has 0 unspecified atom stereocenters. The van der Waals surface area contributed by atoms with Gasteiger partial charge in [0.1, 0.15) is 4.21 Å². The van der Waals surface area contributed by atoms with Crippen molar-refractivity contribution in [1.82, 2.24) is 4.72 Å². The molecule has 8 heteroatoms. The second kappa shape index (κ2) is 6.55. The number of hydrogen-bond acceptors (Lipinski definition) is 4. The van der Waals surface area contributed by atoms with Crippen LogP contribution in [0.1, 0.15) is 11.6 Å². The fraction of sp³-hybridized carbons (Fsp3) is 0.167. The van der Waals surface area contributed by atoms with Crippen molar-refractivity contribution in [1.29, 1.82) is 0 Å². The lowest BCUT2D eigenvalue weighted by Gasteiger charge is -2.16. The standard InChI is InChI=1S/C12H11BrClNO3S2/c13-12-9(14)6-11(19-12)20(17,18)15-10(7-16)8-4-2-1-3-5-8/h1-6,10,15-16H,7H2/t10-/m0/s1. The summed E-state index contributed by atoms with van der Waals surface area (Å²) in [4.78, 5) is 0. The van der Waals surface area contributed by atoms with E-state index in [9.17, 15) is 13.5 Å². The Balaban J connectivity index is 2.27. The topological polar surface area (TPSA) is 66.4 Å². The number of aliphatic hydroxyl groups is 1. The van der Waals surface area contributed by atoms with Crippen molar-refractivity contribution in [3.8, 4) is 0 Å². The first-order valence-electron chi connectivity index (χ1n) is 5.57. The highest BCUT2D eigenvalue weighted by molar-refractivity contribution is 9.11. The molecule has 0 aliphatic carbocycles. The summed E-state index contributed by atoms with van der Waals surface area (Å²) >= 11 is 10.0. The zero-order chi connectivity index (χ0) is 14.8. The van der Waals surface area contributed by atoms with Crippen LogP contribution in [0.25, 0.3) is 0 Å². The van der Waals surface area contributed by atoms with Crippen LogP contribution >= 0.6 is 38.9 Å². The summed E-state index contributed by atoms with van der Waals surface area (Å²) in [6, 6.07) is 9.57. The summed E-state index contributed by atoms with van der Waals surface area (Å²) in [6.07, 6.45) is 0. The van der Waals surface area contributed by atoms with Gasteiger partial charge in [0.05, 0.1) is 21.5 Å². The van der Waals surface area contributed by atoms with Crippen molar-refractivity contribution in [2.45, 2.75) is 10.3 Å². The summed E-state index contributed by atoms with van der Waals surface area (Å²) in [6.45, 7) is -0.330. The van der Waals surface area contributed by atoms with Gasteiger partial charge in [-0.1, -0.05) is 41.9 Å². The number of thiophene rings is 1. The molecule has 4 nitrogen and oxygen atoms in total. The Morgan fingerprint density at radius 2 is 2.00 bits per heavy atom. The van der Waals surface area contributed by atoms with E-state index >= 15 is 0 Å². The number of nitrogens with one attached hydrogen (secondary N) is 1. The second-order valence-corrected chi connectivity index (χ2v) is 8.67. The van der Waals surface area contributed by atoms with E-state index in [1.807, 2.05) is 6.07 Å². The first-order chi connectivity index (χ1) is 9.44.